The van der Waals surface area contributed by atoms with Gasteiger partial charge in [0.15, 0.2) is 0 Å². The fourth-order valence-corrected chi connectivity index (χ4v) is 3.58. The zero-order chi connectivity index (χ0) is 19.1. The highest BCUT2D eigenvalue weighted by molar-refractivity contribution is 5.34. The fraction of sp³-hybridized carbons (Fsp3) is 0.550. The maximum atomic E-state index is 13.6. The zero-order valence-corrected chi connectivity index (χ0v) is 14.6. The third-order valence-electron chi connectivity index (χ3n) is 5.04. The molecule has 0 amide bonds. The minimum Gasteiger partial charge on any atom is -0.367 e. The topological polar surface area (TPSA) is 33.0 Å². The molecule has 0 aliphatic heterocycles. The number of benzene rings is 1. The molecule has 1 atom stereocenters. The van der Waals surface area contributed by atoms with Gasteiger partial charge >= 0.3 is 0 Å². The molecule has 1 fully saturated rings. The van der Waals surface area contributed by atoms with Gasteiger partial charge in [0.25, 0.3) is 6.43 Å². The molecule has 0 aromatic heterocycles. The average molecular weight is 369 g/mol. The van der Waals surface area contributed by atoms with Gasteiger partial charge in [-0.15, -0.1) is 6.58 Å². The van der Waals surface area contributed by atoms with Crippen LogP contribution in [0.25, 0.3) is 0 Å². The Bertz CT molecular complexity index is 625. The summed E-state index contributed by atoms with van der Waals surface area (Å²) in [5.41, 5.74) is -0.582. The number of rotatable bonds is 8. The van der Waals surface area contributed by atoms with Crippen molar-refractivity contribution in [1.29, 1.82) is 5.26 Å². The first-order chi connectivity index (χ1) is 12.5. The predicted octanol–water partition coefficient (Wildman–Crippen LogP) is 5.76. The van der Waals surface area contributed by atoms with Gasteiger partial charge in [-0.3, -0.25) is 0 Å². The van der Waals surface area contributed by atoms with E-state index in [2.05, 4.69) is 6.58 Å². The first-order valence-electron chi connectivity index (χ1n) is 8.85. The molecule has 142 valence electrons. The van der Waals surface area contributed by atoms with Crippen LogP contribution in [0.15, 0.2) is 24.8 Å². The lowest BCUT2D eigenvalue weighted by Crippen LogP contribution is -2.34. The van der Waals surface area contributed by atoms with Crippen LogP contribution in [0, 0.1) is 34.8 Å². The van der Waals surface area contributed by atoms with Crippen molar-refractivity contribution in [2.45, 2.75) is 57.7 Å². The minimum absolute atomic E-state index is 0.101. The summed E-state index contributed by atoms with van der Waals surface area (Å²) < 4.78 is 59.5. The summed E-state index contributed by atoms with van der Waals surface area (Å²) >= 11 is 0. The van der Waals surface area contributed by atoms with Crippen LogP contribution in [-0.2, 0) is 11.3 Å². The Morgan fingerprint density at radius 3 is 2.31 bits per heavy atom. The van der Waals surface area contributed by atoms with Crippen molar-refractivity contribution < 1.29 is 22.3 Å². The Kier molecular flexibility index (Phi) is 7.65. The van der Waals surface area contributed by atoms with Gasteiger partial charge in [0.2, 0.25) is 0 Å². The second kappa shape index (κ2) is 9.72. The molecule has 1 aromatic rings. The number of hydrogen-bond donors (Lipinski definition) is 0. The second-order valence-corrected chi connectivity index (χ2v) is 6.80. The van der Waals surface area contributed by atoms with Crippen molar-refractivity contribution in [2.24, 2.45) is 11.8 Å². The van der Waals surface area contributed by atoms with Crippen molar-refractivity contribution in [1.82, 2.24) is 0 Å². The molecule has 0 radical (unpaired) electrons. The Morgan fingerprint density at radius 2 is 1.81 bits per heavy atom. The minimum atomic E-state index is -2.65. The van der Waals surface area contributed by atoms with E-state index in [1.165, 1.54) is 6.07 Å². The summed E-state index contributed by atoms with van der Waals surface area (Å²) in [5.74, 6) is -1.75. The molecular formula is C20H23F4NO. The lowest BCUT2D eigenvalue weighted by molar-refractivity contribution is -0.102. The molecule has 2 nitrogen and oxygen atoms in total. The van der Waals surface area contributed by atoms with Gasteiger partial charge < -0.3 is 4.74 Å². The van der Waals surface area contributed by atoms with Gasteiger partial charge in [-0.1, -0.05) is 18.9 Å². The SMILES string of the molecule is C=CCCC1CCC(C(OCc2cc(F)c(C#N)c(F)c2)C(F)F)CC1. The number of allylic oxidation sites excluding steroid dienone is 1. The molecule has 2 rings (SSSR count). The molecule has 0 heterocycles. The van der Waals surface area contributed by atoms with Gasteiger partial charge in [0, 0.05) is 0 Å². The molecule has 26 heavy (non-hydrogen) atoms. The summed E-state index contributed by atoms with van der Waals surface area (Å²) in [6.07, 6.45) is 3.00. The van der Waals surface area contributed by atoms with Gasteiger partial charge in [-0.05, 0) is 55.2 Å². The van der Waals surface area contributed by atoms with Gasteiger partial charge in [0.1, 0.15) is 29.4 Å². The van der Waals surface area contributed by atoms with Crippen LogP contribution in [0.1, 0.15) is 49.7 Å². The molecule has 0 saturated heterocycles. The fourth-order valence-electron chi connectivity index (χ4n) is 3.58. The number of alkyl halides is 2. The lowest BCUT2D eigenvalue weighted by atomic mass is 9.77. The quantitative estimate of drug-likeness (QED) is 0.431. The van der Waals surface area contributed by atoms with E-state index < -0.39 is 29.7 Å². The highest BCUT2D eigenvalue weighted by atomic mass is 19.3. The van der Waals surface area contributed by atoms with Crippen LogP contribution in [0.2, 0.25) is 0 Å². The molecular weight excluding hydrogens is 346 g/mol. The van der Waals surface area contributed by atoms with E-state index in [0.29, 0.717) is 18.8 Å². The van der Waals surface area contributed by atoms with Crippen molar-refractivity contribution in [3.05, 3.63) is 47.5 Å². The number of nitrogens with zero attached hydrogens (tertiary/aromatic N) is 1. The van der Waals surface area contributed by atoms with Crippen LogP contribution >= 0.6 is 0 Å². The summed E-state index contributed by atoms with van der Waals surface area (Å²) in [7, 11) is 0. The summed E-state index contributed by atoms with van der Waals surface area (Å²) in [4.78, 5) is 0. The molecule has 0 spiro atoms. The first kappa shape index (κ1) is 20.4. The Hall–Kier alpha value is -1.87. The van der Waals surface area contributed by atoms with Crippen LogP contribution < -0.4 is 0 Å². The highest BCUT2D eigenvalue weighted by Crippen LogP contribution is 2.36. The maximum absolute atomic E-state index is 13.6. The van der Waals surface area contributed by atoms with E-state index in [9.17, 15) is 17.6 Å². The van der Waals surface area contributed by atoms with Crippen LogP contribution in [0.5, 0.6) is 0 Å². The predicted molar refractivity (Wildman–Crippen MR) is 90.5 cm³/mol. The largest absolute Gasteiger partial charge is 0.367 e. The number of nitriles is 1. The Morgan fingerprint density at radius 1 is 1.19 bits per heavy atom. The number of halogens is 4. The maximum Gasteiger partial charge on any atom is 0.264 e. The first-order valence-corrected chi connectivity index (χ1v) is 8.85. The van der Waals surface area contributed by atoms with Gasteiger partial charge in [-0.2, -0.15) is 5.26 Å². The molecule has 6 heteroatoms. The van der Waals surface area contributed by atoms with Crippen molar-refractivity contribution in [3.63, 3.8) is 0 Å². The molecule has 1 aliphatic carbocycles. The number of ether oxygens (including phenoxy) is 1. The van der Waals surface area contributed by atoms with Crippen LogP contribution in [0.3, 0.4) is 0 Å². The lowest BCUT2D eigenvalue weighted by Gasteiger charge is -2.33. The standard InChI is InChI=1S/C20H23F4NO/c1-2-3-4-13-5-7-15(8-6-13)19(20(23)24)26-12-14-9-17(21)16(11-25)18(22)10-14/h2,9-10,13,15,19-20H,1,3-8,12H2. The third-order valence-corrected chi connectivity index (χ3v) is 5.04. The van der Waals surface area contributed by atoms with Crippen molar-refractivity contribution in [3.8, 4) is 6.07 Å². The van der Waals surface area contributed by atoms with E-state index in [4.69, 9.17) is 10.00 Å². The molecule has 0 bridgehead atoms. The molecule has 1 aromatic carbocycles. The average Bonchev–Trinajstić information content (AvgIpc) is 2.60. The van der Waals surface area contributed by atoms with E-state index in [1.807, 2.05) is 6.08 Å². The normalized spacial score (nSPS) is 21.4. The molecule has 0 N–H and O–H groups in total. The number of hydrogen-bond acceptors (Lipinski definition) is 2. The van der Waals surface area contributed by atoms with Gasteiger partial charge in [-0.25, -0.2) is 17.6 Å². The van der Waals surface area contributed by atoms with Crippen LogP contribution in [0.4, 0.5) is 17.6 Å². The summed E-state index contributed by atoms with van der Waals surface area (Å²) in [6.45, 7) is 3.38. The van der Waals surface area contributed by atoms with Gasteiger partial charge in [0.05, 0.1) is 6.61 Å². The van der Waals surface area contributed by atoms with Crippen molar-refractivity contribution in [2.75, 3.05) is 0 Å². The molecule has 1 unspecified atom stereocenters. The third kappa shape index (κ3) is 5.31. The summed E-state index contributed by atoms with van der Waals surface area (Å²) in [6, 6.07) is 3.34. The van der Waals surface area contributed by atoms with Crippen molar-refractivity contribution >= 4 is 0 Å². The zero-order valence-electron chi connectivity index (χ0n) is 14.6. The van der Waals surface area contributed by atoms with Crippen LogP contribution in [-0.4, -0.2) is 12.5 Å². The Balaban J connectivity index is 1.95. The molecule has 1 aliphatic rings. The van der Waals surface area contributed by atoms with E-state index in [0.717, 1.165) is 37.8 Å². The van der Waals surface area contributed by atoms with E-state index in [1.54, 1.807) is 0 Å². The smallest absolute Gasteiger partial charge is 0.264 e. The summed E-state index contributed by atoms with van der Waals surface area (Å²) in [5, 5.41) is 8.66. The monoisotopic (exact) mass is 369 g/mol. The Labute approximate surface area is 151 Å². The highest BCUT2D eigenvalue weighted by Gasteiger charge is 2.33. The van der Waals surface area contributed by atoms with E-state index >= 15 is 0 Å². The molecule has 1 saturated carbocycles. The second-order valence-electron chi connectivity index (χ2n) is 6.80. The van der Waals surface area contributed by atoms with E-state index in [-0.39, 0.29) is 18.1 Å².